The van der Waals surface area contributed by atoms with Crippen molar-refractivity contribution in [3.8, 4) is 0 Å². The summed E-state index contributed by atoms with van der Waals surface area (Å²) in [6, 6.07) is 13.9. The monoisotopic (exact) mass is 485 g/mol. The Morgan fingerprint density at radius 1 is 1.06 bits per heavy atom. The van der Waals surface area contributed by atoms with Crippen LogP contribution in [0.1, 0.15) is 59.9 Å². The number of thiazole rings is 1. The number of amides is 1. The molecule has 2 aromatic carbocycles. The molecule has 0 atom stereocenters. The van der Waals surface area contributed by atoms with E-state index < -0.39 is 10.0 Å². The molecule has 0 unspecified atom stereocenters. The van der Waals surface area contributed by atoms with Gasteiger partial charge in [0.05, 0.1) is 22.1 Å². The van der Waals surface area contributed by atoms with E-state index >= 15 is 0 Å². The lowest BCUT2D eigenvalue weighted by molar-refractivity contribution is 0.0783. The maximum atomic E-state index is 12.7. The third-order valence-electron chi connectivity index (χ3n) is 5.35. The molecule has 8 heteroatoms. The number of carbonyl (C=O) groups excluding carboxylic acids is 1. The number of sulfonamides is 1. The van der Waals surface area contributed by atoms with Crippen LogP contribution in [-0.4, -0.2) is 31.3 Å². The number of nitrogens with one attached hydrogen (secondary N) is 1. The molecule has 0 saturated heterocycles. The van der Waals surface area contributed by atoms with Crippen molar-refractivity contribution >= 4 is 27.3 Å². The fourth-order valence-electron chi connectivity index (χ4n) is 3.28. The van der Waals surface area contributed by atoms with Crippen molar-refractivity contribution in [2.75, 3.05) is 7.05 Å². The molecular formula is C25H31N3O3S2. The number of nitrogens with zero attached hydrogens (tertiary/aromatic N) is 2. The lowest BCUT2D eigenvalue weighted by atomic mass is 9.87. The van der Waals surface area contributed by atoms with Gasteiger partial charge in [0.2, 0.25) is 10.0 Å². The van der Waals surface area contributed by atoms with Crippen LogP contribution in [0.15, 0.2) is 58.8 Å². The molecule has 1 N–H and O–H groups in total. The molecule has 1 heterocycles. The van der Waals surface area contributed by atoms with E-state index in [1.54, 1.807) is 59.7 Å². The van der Waals surface area contributed by atoms with Crippen LogP contribution in [0.5, 0.6) is 0 Å². The van der Waals surface area contributed by atoms with Crippen LogP contribution in [-0.2, 0) is 34.9 Å². The maximum Gasteiger partial charge on any atom is 0.253 e. The average molecular weight is 486 g/mol. The van der Waals surface area contributed by atoms with E-state index in [1.807, 2.05) is 17.5 Å². The van der Waals surface area contributed by atoms with Gasteiger partial charge in [-0.2, -0.15) is 0 Å². The van der Waals surface area contributed by atoms with Gasteiger partial charge in [-0.05, 0) is 47.2 Å². The van der Waals surface area contributed by atoms with Gasteiger partial charge in [0.25, 0.3) is 5.91 Å². The zero-order valence-electron chi connectivity index (χ0n) is 19.8. The Bertz CT molecular complexity index is 1190. The minimum absolute atomic E-state index is 0.0400. The molecule has 3 rings (SSSR count). The second kappa shape index (κ2) is 10.2. The number of benzene rings is 2. The molecule has 0 aliphatic rings. The van der Waals surface area contributed by atoms with E-state index in [0.717, 1.165) is 28.2 Å². The van der Waals surface area contributed by atoms with Crippen molar-refractivity contribution < 1.29 is 13.2 Å². The van der Waals surface area contributed by atoms with Crippen molar-refractivity contribution in [1.29, 1.82) is 0 Å². The smallest absolute Gasteiger partial charge is 0.253 e. The summed E-state index contributed by atoms with van der Waals surface area (Å²) in [5.41, 5.74) is 3.24. The zero-order valence-corrected chi connectivity index (χ0v) is 21.4. The minimum Gasteiger partial charge on any atom is -0.336 e. The van der Waals surface area contributed by atoms with E-state index in [0.29, 0.717) is 12.1 Å². The third kappa shape index (κ3) is 6.50. The Hall–Kier alpha value is -2.55. The number of carbonyl (C=O) groups is 1. The lowest BCUT2D eigenvalue weighted by Gasteiger charge is -2.19. The van der Waals surface area contributed by atoms with Gasteiger partial charge in [-0.25, -0.2) is 18.1 Å². The van der Waals surface area contributed by atoms with Gasteiger partial charge >= 0.3 is 0 Å². The first-order valence-corrected chi connectivity index (χ1v) is 13.2. The van der Waals surface area contributed by atoms with Crippen LogP contribution in [0.4, 0.5) is 0 Å². The second-order valence-corrected chi connectivity index (χ2v) is 11.8. The maximum absolute atomic E-state index is 12.7. The molecule has 0 saturated carbocycles. The summed E-state index contributed by atoms with van der Waals surface area (Å²) in [6.07, 6.45) is 0.885. The van der Waals surface area contributed by atoms with Crippen LogP contribution in [0.2, 0.25) is 0 Å². The largest absolute Gasteiger partial charge is 0.336 e. The van der Waals surface area contributed by atoms with Gasteiger partial charge < -0.3 is 4.90 Å². The van der Waals surface area contributed by atoms with Gasteiger partial charge in [-0.15, -0.1) is 11.3 Å². The van der Waals surface area contributed by atoms with Crippen LogP contribution in [0.3, 0.4) is 0 Å². The standard InChI is InChI=1S/C25H31N3O3S2/c1-6-23-27-21(17-32-23)16-28(5)24(29)19-9-7-18(8-10-19)15-26-33(30,31)22-13-11-20(12-14-22)25(2,3)4/h7-14,17,26H,6,15-16H2,1-5H3. The lowest BCUT2D eigenvalue weighted by Crippen LogP contribution is -2.26. The van der Waals surface area contributed by atoms with Crippen LogP contribution < -0.4 is 4.72 Å². The molecule has 0 radical (unpaired) electrons. The van der Waals surface area contributed by atoms with E-state index in [2.05, 4.69) is 37.4 Å². The highest BCUT2D eigenvalue weighted by molar-refractivity contribution is 7.89. The van der Waals surface area contributed by atoms with E-state index in [1.165, 1.54) is 0 Å². The third-order valence-corrected chi connectivity index (χ3v) is 7.80. The molecule has 0 fully saturated rings. The molecule has 0 aliphatic heterocycles. The highest BCUT2D eigenvalue weighted by Crippen LogP contribution is 2.23. The van der Waals surface area contributed by atoms with Crippen LogP contribution in [0, 0.1) is 0 Å². The van der Waals surface area contributed by atoms with Gasteiger partial charge in [-0.3, -0.25) is 4.79 Å². The predicted octanol–water partition coefficient (Wildman–Crippen LogP) is 4.75. The van der Waals surface area contributed by atoms with E-state index in [4.69, 9.17) is 0 Å². The predicted molar refractivity (Wildman–Crippen MR) is 133 cm³/mol. The van der Waals surface area contributed by atoms with Crippen molar-refractivity contribution in [2.45, 2.75) is 57.5 Å². The first kappa shape index (κ1) is 25.1. The Balaban J connectivity index is 1.60. The van der Waals surface area contributed by atoms with Crippen molar-refractivity contribution in [2.24, 2.45) is 0 Å². The zero-order chi connectivity index (χ0) is 24.2. The second-order valence-electron chi connectivity index (χ2n) is 9.04. The molecule has 0 aliphatic carbocycles. The summed E-state index contributed by atoms with van der Waals surface area (Å²) in [6.45, 7) is 8.91. The van der Waals surface area contributed by atoms with Gasteiger partial charge in [0.1, 0.15) is 0 Å². The first-order valence-electron chi connectivity index (χ1n) is 10.9. The topological polar surface area (TPSA) is 79.4 Å². The molecule has 0 bridgehead atoms. The number of hydrogen-bond donors (Lipinski definition) is 1. The summed E-state index contributed by atoms with van der Waals surface area (Å²) in [4.78, 5) is 19.1. The van der Waals surface area contributed by atoms with Crippen molar-refractivity contribution in [3.05, 3.63) is 81.3 Å². The Labute approximate surface area is 200 Å². The van der Waals surface area contributed by atoms with Crippen molar-refractivity contribution in [3.63, 3.8) is 0 Å². The average Bonchev–Trinajstić information content (AvgIpc) is 3.24. The fourth-order valence-corrected chi connectivity index (χ4v) is 5.03. The molecule has 1 amide bonds. The molecular weight excluding hydrogens is 454 g/mol. The highest BCUT2D eigenvalue weighted by Gasteiger charge is 2.18. The van der Waals surface area contributed by atoms with Crippen LogP contribution in [0.25, 0.3) is 0 Å². The normalized spacial score (nSPS) is 12.0. The molecule has 0 spiro atoms. The molecule has 176 valence electrons. The quantitative estimate of drug-likeness (QED) is 0.499. The Morgan fingerprint density at radius 2 is 1.70 bits per heavy atom. The van der Waals surface area contributed by atoms with E-state index in [9.17, 15) is 13.2 Å². The summed E-state index contributed by atoms with van der Waals surface area (Å²) in [5, 5.41) is 3.04. The van der Waals surface area contributed by atoms with Crippen molar-refractivity contribution in [1.82, 2.24) is 14.6 Å². The number of hydrogen-bond acceptors (Lipinski definition) is 5. The number of rotatable bonds is 8. The Kier molecular flexibility index (Phi) is 7.72. The summed E-state index contributed by atoms with van der Waals surface area (Å²) in [7, 11) is -1.88. The van der Waals surface area contributed by atoms with Gasteiger partial charge in [0, 0.05) is 24.5 Å². The molecule has 3 aromatic rings. The Morgan fingerprint density at radius 3 is 2.24 bits per heavy atom. The van der Waals surface area contributed by atoms with Gasteiger partial charge in [0.15, 0.2) is 0 Å². The molecule has 1 aromatic heterocycles. The van der Waals surface area contributed by atoms with Gasteiger partial charge in [-0.1, -0.05) is 52.0 Å². The summed E-state index contributed by atoms with van der Waals surface area (Å²) in [5.74, 6) is -0.105. The number of aromatic nitrogens is 1. The SMILES string of the molecule is CCc1nc(CN(C)C(=O)c2ccc(CNS(=O)(=O)c3ccc(C(C)(C)C)cc3)cc2)cs1. The van der Waals surface area contributed by atoms with E-state index in [-0.39, 0.29) is 22.8 Å². The first-order chi connectivity index (χ1) is 15.5. The highest BCUT2D eigenvalue weighted by atomic mass is 32.2. The number of aryl methyl sites for hydroxylation is 1. The molecule has 33 heavy (non-hydrogen) atoms. The summed E-state index contributed by atoms with van der Waals surface area (Å²) >= 11 is 1.60. The minimum atomic E-state index is -3.63. The van der Waals surface area contributed by atoms with Crippen LogP contribution >= 0.6 is 11.3 Å². The fraction of sp³-hybridized carbons (Fsp3) is 0.360. The molecule has 6 nitrogen and oxygen atoms in total. The summed E-state index contributed by atoms with van der Waals surface area (Å²) < 4.78 is 27.9.